The predicted octanol–water partition coefficient (Wildman–Crippen LogP) is 3.19. The van der Waals surface area contributed by atoms with Crippen molar-refractivity contribution in [2.45, 2.75) is 20.0 Å². The number of anilines is 1. The summed E-state index contributed by atoms with van der Waals surface area (Å²) in [4.78, 5) is 10.6. The molecule has 0 unspecified atom stereocenters. The lowest BCUT2D eigenvalue weighted by Crippen LogP contribution is -2.02. The Hall–Kier alpha value is -1.89. The van der Waals surface area contributed by atoms with Crippen LogP contribution in [0.1, 0.15) is 12.5 Å². The highest BCUT2D eigenvalue weighted by atomic mass is 79.9. The van der Waals surface area contributed by atoms with Crippen LogP contribution in [0.4, 0.5) is 11.4 Å². The van der Waals surface area contributed by atoms with Crippen LogP contribution in [0.2, 0.25) is 0 Å². The molecule has 1 N–H and O–H groups in total. The van der Waals surface area contributed by atoms with Crippen LogP contribution < -0.4 is 5.32 Å². The van der Waals surface area contributed by atoms with E-state index in [1.54, 1.807) is 23.0 Å². The van der Waals surface area contributed by atoms with E-state index < -0.39 is 0 Å². The van der Waals surface area contributed by atoms with Crippen molar-refractivity contribution < 1.29 is 4.92 Å². The molecule has 2 rings (SSSR count). The Morgan fingerprint density at radius 1 is 1.53 bits per heavy atom. The zero-order valence-corrected chi connectivity index (χ0v) is 11.9. The van der Waals surface area contributed by atoms with Gasteiger partial charge in [-0.1, -0.05) is 15.9 Å². The number of rotatable bonds is 5. The number of nitrogens with zero attached hydrogens (tertiary/aromatic N) is 3. The highest BCUT2D eigenvalue weighted by Crippen LogP contribution is 2.24. The molecule has 0 bridgehead atoms. The Bertz CT molecular complexity index is 597. The van der Waals surface area contributed by atoms with E-state index in [1.807, 2.05) is 13.1 Å². The monoisotopic (exact) mass is 324 g/mol. The number of hydrogen-bond acceptors (Lipinski definition) is 4. The van der Waals surface area contributed by atoms with Gasteiger partial charge in [-0.15, -0.1) is 0 Å². The third-order valence-corrected chi connectivity index (χ3v) is 3.18. The van der Waals surface area contributed by atoms with Crippen molar-refractivity contribution in [2.24, 2.45) is 0 Å². The highest BCUT2D eigenvalue weighted by Gasteiger charge is 2.13. The number of nitrogens with one attached hydrogen (secondary N) is 1. The minimum atomic E-state index is -0.378. The summed E-state index contributed by atoms with van der Waals surface area (Å²) >= 11 is 3.24. The van der Waals surface area contributed by atoms with E-state index in [9.17, 15) is 10.1 Å². The van der Waals surface area contributed by atoms with Crippen LogP contribution in [0.15, 0.2) is 35.1 Å². The molecule has 1 aromatic heterocycles. The average Bonchev–Trinajstić information content (AvgIpc) is 2.85. The molecule has 7 heteroatoms. The summed E-state index contributed by atoms with van der Waals surface area (Å²) in [5, 5.41) is 18.2. The first kappa shape index (κ1) is 13.5. The minimum absolute atomic E-state index is 0.102. The zero-order chi connectivity index (χ0) is 13.8. The maximum atomic E-state index is 11.0. The van der Waals surface area contributed by atoms with Crippen molar-refractivity contribution in [3.8, 4) is 0 Å². The maximum Gasteiger partial charge on any atom is 0.275 e. The van der Waals surface area contributed by atoms with Crippen molar-refractivity contribution >= 4 is 27.3 Å². The quantitative estimate of drug-likeness (QED) is 0.677. The largest absolute Gasteiger partial charge is 0.378 e. The summed E-state index contributed by atoms with van der Waals surface area (Å²) in [6.07, 6.45) is 3.57. The van der Waals surface area contributed by atoms with Gasteiger partial charge in [-0.25, -0.2) is 0 Å². The van der Waals surface area contributed by atoms with Gasteiger partial charge < -0.3 is 5.32 Å². The van der Waals surface area contributed by atoms with Crippen LogP contribution in [0, 0.1) is 10.1 Å². The minimum Gasteiger partial charge on any atom is -0.378 e. The summed E-state index contributed by atoms with van der Waals surface area (Å²) in [7, 11) is 0. The molecule has 19 heavy (non-hydrogen) atoms. The molecule has 0 radical (unpaired) electrons. The van der Waals surface area contributed by atoms with E-state index in [1.165, 1.54) is 6.07 Å². The van der Waals surface area contributed by atoms with Crippen LogP contribution in [0.5, 0.6) is 0 Å². The van der Waals surface area contributed by atoms with Gasteiger partial charge >= 0.3 is 0 Å². The molecule has 100 valence electrons. The molecule has 0 aliphatic heterocycles. The third kappa shape index (κ3) is 3.31. The number of nitro benzene ring substituents is 1. The molecule has 0 spiro atoms. The first-order chi connectivity index (χ1) is 9.10. The molecule has 0 aliphatic rings. The third-order valence-electron chi connectivity index (χ3n) is 2.68. The van der Waals surface area contributed by atoms with E-state index in [4.69, 9.17) is 0 Å². The SMILES string of the molecule is CCn1cc(NCc2ccc(Br)cc2[N+](=O)[O-])cn1. The first-order valence-electron chi connectivity index (χ1n) is 5.79. The fourth-order valence-corrected chi connectivity index (χ4v) is 2.03. The molecule has 1 aromatic carbocycles. The molecule has 0 atom stereocenters. The molecule has 0 saturated carbocycles. The van der Waals surface area contributed by atoms with Gasteiger partial charge in [0.25, 0.3) is 5.69 Å². The van der Waals surface area contributed by atoms with E-state index in [2.05, 4.69) is 26.3 Å². The Labute approximate surface area is 118 Å². The Morgan fingerprint density at radius 2 is 2.32 bits per heavy atom. The lowest BCUT2D eigenvalue weighted by atomic mass is 10.2. The van der Waals surface area contributed by atoms with Gasteiger partial charge in [-0.3, -0.25) is 14.8 Å². The highest BCUT2D eigenvalue weighted by molar-refractivity contribution is 9.10. The number of benzene rings is 1. The summed E-state index contributed by atoms with van der Waals surface area (Å²) < 4.78 is 2.49. The Morgan fingerprint density at radius 3 is 2.95 bits per heavy atom. The first-order valence-corrected chi connectivity index (χ1v) is 6.58. The summed E-state index contributed by atoms with van der Waals surface area (Å²) in [5.74, 6) is 0. The molecule has 0 saturated heterocycles. The number of nitro groups is 1. The van der Waals surface area contributed by atoms with Crippen LogP contribution in [-0.4, -0.2) is 14.7 Å². The van der Waals surface area contributed by atoms with E-state index >= 15 is 0 Å². The molecule has 2 aromatic rings. The fraction of sp³-hybridized carbons (Fsp3) is 0.250. The van der Waals surface area contributed by atoms with Crippen molar-refractivity contribution in [1.82, 2.24) is 9.78 Å². The standard InChI is InChI=1S/C12H13BrN4O2/c1-2-16-8-11(7-15-16)14-6-9-3-4-10(13)5-12(9)17(18)19/h3-5,7-8,14H,2,6H2,1H3. The van der Waals surface area contributed by atoms with Gasteiger partial charge in [0, 0.05) is 35.4 Å². The van der Waals surface area contributed by atoms with Crippen molar-refractivity contribution in [3.63, 3.8) is 0 Å². The average molecular weight is 325 g/mol. The second-order valence-corrected chi connectivity index (χ2v) is 4.88. The van der Waals surface area contributed by atoms with E-state index in [0.29, 0.717) is 16.6 Å². The van der Waals surface area contributed by atoms with Gasteiger partial charge in [0.05, 0.1) is 16.8 Å². The van der Waals surface area contributed by atoms with Gasteiger partial charge in [0.2, 0.25) is 0 Å². The number of hydrogen-bond donors (Lipinski definition) is 1. The van der Waals surface area contributed by atoms with Gasteiger partial charge in [0.15, 0.2) is 0 Å². The number of aromatic nitrogens is 2. The van der Waals surface area contributed by atoms with Crippen molar-refractivity contribution in [2.75, 3.05) is 5.32 Å². The molecular formula is C12H13BrN4O2. The summed E-state index contributed by atoms with van der Waals surface area (Å²) in [5.41, 5.74) is 1.58. The smallest absolute Gasteiger partial charge is 0.275 e. The molecule has 6 nitrogen and oxygen atoms in total. The van der Waals surface area contributed by atoms with Crippen molar-refractivity contribution in [3.05, 3.63) is 50.7 Å². The van der Waals surface area contributed by atoms with Gasteiger partial charge in [-0.2, -0.15) is 5.10 Å². The number of aryl methyl sites for hydroxylation is 1. The lowest BCUT2D eigenvalue weighted by molar-refractivity contribution is -0.385. The maximum absolute atomic E-state index is 11.0. The van der Waals surface area contributed by atoms with Crippen LogP contribution >= 0.6 is 15.9 Å². The topological polar surface area (TPSA) is 73.0 Å². The lowest BCUT2D eigenvalue weighted by Gasteiger charge is -2.05. The summed E-state index contributed by atoms with van der Waals surface area (Å²) in [6, 6.07) is 5.03. The van der Waals surface area contributed by atoms with Gasteiger partial charge in [0.1, 0.15) is 0 Å². The molecular weight excluding hydrogens is 312 g/mol. The normalized spacial score (nSPS) is 10.4. The second-order valence-electron chi connectivity index (χ2n) is 3.97. The molecule has 0 amide bonds. The fourth-order valence-electron chi connectivity index (χ4n) is 1.68. The Balaban J connectivity index is 2.12. The zero-order valence-electron chi connectivity index (χ0n) is 10.3. The van der Waals surface area contributed by atoms with Crippen LogP contribution in [0.25, 0.3) is 0 Å². The second kappa shape index (κ2) is 5.83. The summed E-state index contributed by atoms with van der Waals surface area (Å²) in [6.45, 7) is 3.18. The van der Waals surface area contributed by atoms with Gasteiger partial charge in [-0.05, 0) is 19.1 Å². The van der Waals surface area contributed by atoms with Crippen molar-refractivity contribution in [1.29, 1.82) is 0 Å². The van der Waals surface area contributed by atoms with Crippen LogP contribution in [0.3, 0.4) is 0 Å². The number of halogens is 1. The Kier molecular flexibility index (Phi) is 4.16. The molecule has 0 fully saturated rings. The van der Waals surface area contributed by atoms with Crippen LogP contribution in [-0.2, 0) is 13.1 Å². The predicted molar refractivity (Wildman–Crippen MR) is 76.0 cm³/mol. The molecule has 1 heterocycles. The molecule has 0 aliphatic carbocycles. The van der Waals surface area contributed by atoms with E-state index in [0.717, 1.165) is 12.2 Å². The van der Waals surface area contributed by atoms with E-state index in [-0.39, 0.29) is 10.6 Å².